The van der Waals surface area contributed by atoms with Crippen molar-refractivity contribution in [2.75, 3.05) is 26.2 Å². The Labute approximate surface area is 128 Å². The summed E-state index contributed by atoms with van der Waals surface area (Å²) in [5.74, 6) is 0.750. The van der Waals surface area contributed by atoms with Crippen molar-refractivity contribution in [3.05, 3.63) is 0 Å². The molecule has 6 heteroatoms. The Morgan fingerprint density at radius 2 is 1.71 bits per heavy atom. The van der Waals surface area contributed by atoms with Gasteiger partial charge in [0.05, 0.1) is 5.60 Å². The van der Waals surface area contributed by atoms with Crippen LogP contribution in [0.15, 0.2) is 0 Å². The Kier molecular flexibility index (Phi) is 4.34. The van der Waals surface area contributed by atoms with E-state index in [0.29, 0.717) is 38.5 Å². The fraction of sp³-hybridized carbons (Fsp3) is 1.00. The van der Waals surface area contributed by atoms with Gasteiger partial charge in [0, 0.05) is 32.1 Å². The molecule has 0 aromatic carbocycles. The molecule has 3 fully saturated rings. The zero-order valence-electron chi connectivity index (χ0n) is 13.0. The molecule has 0 bridgehead atoms. The average molecular weight is 316 g/mol. The lowest BCUT2D eigenvalue weighted by Gasteiger charge is -2.47. The molecule has 0 spiro atoms. The molecule has 3 aliphatic rings. The normalized spacial score (nSPS) is 37.3. The summed E-state index contributed by atoms with van der Waals surface area (Å²) >= 11 is 0. The van der Waals surface area contributed by atoms with Crippen LogP contribution < -0.4 is 0 Å². The van der Waals surface area contributed by atoms with Crippen molar-refractivity contribution in [2.24, 2.45) is 11.8 Å². The number of hydrogen-bond acceptors (Lipinski definition) is 3. The maximum atomic E-state index is 12.8. The van der Waals surface area contributed by atoms with Gasteiger partial charge in [0.1, 0.15) is 0 Å². The number of rotatable bonds is 2. The molecule has 0 aromatic heterocycles. The predicted molar refractivity (Wildman–Crippen MR) is 82.0 cm³/mol. The molecule has 0 aromatic rings. The van der Waals surface area contributed by atoms with E-state index in [1.54, 1.807) is 8.61 Å². The molecule has 2 heterocycles. The largest absolute Gasteiger partial charge is 0.390 e. The van der Waals surface area contributed by atoms with Crippen molar-refractivity contribution >= 4 is 10.2 Å². The Hall–Kier alpha value is -0.170. The maximum absolute atomic E-state index is 12.8. The van der Waals surface area contributed by atoms with Crippen molar-refractivity contribution in [1.29, 1.82) is 0 Å². The minimum absolute atomic E-state index is 0.124. The van der Waals surface area contributed by atoms with Gasteiger partial charge in [0.15, 0.2) is 0 Å². The van der Waals surface area contributed by atoms with Gasteiger partial charge in [-0.15, -0.1) is 0 Å². The Morgan fingerprint density at radius 3 is 2.43 bits per heavy atom. The number of nitrogens with zero attached hydrogens (tertiary/aromatic N) is 2. The number of fused-ring (bicyclic) bond motifs is 1. The lowest BCUT2D eigenvalue weighted by Crippen LogP contribution is -2.57. The monoisotopic (exact) mass is 316 g/mol. The van der Waals surface area contributed by atoms with Crippen LogP contribution in [0.5, 0.6) is 0 Å². The summed E-state index contributed by atoms with van der Waals surface area (Å²) < 4.78 is 28.9. The van der Waals surface area contributed by atoms with Crippen LogP contribution in [0.3, 0.4) is 0 Å². The SMILES string of the molecule is CC1CCN(S(=O)(=O)N2CCC3(O)CCCCC3C2)CC1. The number of piperidine rings is 2. The number of aliphatic hydroxyl groups is 1. The molecular formula is C15H28N2O3S. The second-order valence-corrected chi connectivity index (χ2v) is 9.17. The summed E-state index contributed by atoms with van der Waals surface area (Å²) in [4.78, 5) is 0. The molecule has 122 valence electrons. The van der Waals surface area contributed by atoms with Crippen LogP contribution in [0.4, 0.5) is 0 Å². The molecule has 2 saturated heterocycles. The van der Waals surface area contributed by atoms with E-state index >= 15 is 0 Å². The Bertz CT molecular complexity index is 473. The molecule has 3 rings (SSSR count). The van der Waals surface area contributed by atoms with Gasteiger partial charge in [0.2, 0.25) is 0 Å². The third kappa shape index (κ3) is 3.00. The summed E-state index contributed by atoms with van der Waals surface area (Å²) in [5, 5.41) is 10.7. The third-order valence-corrected chi connectivity index (χ3v) is 7.79. The Morgan fingerprint density at radius 1 is 1.00 bits per heavy atom. The van der Waals surface area contributed by atoms with E-state index < -0.39 is 15.8 Å². The molecule has 1 saturated carbocycles. The van der Waals surface area contributed by atoms with Gasteiger partial charge in [-0.1, -0.05) is 19.8 Å². The second-order valence-electron chi connectivity index (χ2n) is 7.24. The average Bonchev–Trinajstić information content (AvgIpc) is 2.46. The van der Waals surface area contributed by atoms with Crippen molar-refractivity contribution in [2.45, 2.75) is 57.5 Å². The minimum atomic E-state index is -3.33. The van der Waals surface area contributed by atoms with E-state index in [2.05, 4.69) is 6.92 Å². The van der Waals surface area contributed by atoms with Crippen LogP contribution in [0.2, 0.25) is 0 Å². The molecule has 0 amide bonds. The number of hydrogen-bond donors (Lipinski definition) is 1. The molecule has 21 heavy (non-hydrogen) atoms. The zero-order chi connectivity index (χ0) is 15.1. The van der Waals surface area contributed by atoms with Crippen molar-refractivity contribution < 1.29 is 13.5 Å². The smallest absolute Gasteiger partial charge is 0.281 e. The second kappa shape index (κ2) is 5.80. The molecule has 0 radical (unpaired) electrons. The summed E-state index contributed by atoms with van der Waals surface area (Å²) in [6, 6.07) is 0. The highest BCUT2D eigenvalue weighted by atomic mass is 32.2. The van der Waals surface area contributed by atoms with Crippen LogP contribution >= 0.6 is 0 Å². The van der Waals surface area contributed by atoms with E-state index in [-0.39, 0.29) is 5.92 Å². The fourth-order valence-electron chi connectivity index (χ4n) is 4.13. The third-order valence-electron chi connectivity index (χ3n) is 5.79. The first-order valence-corrected chi connectivity index (χ1v) is 9.79. The van der Waals surface area contributed by atoms with Crippen LogP contribution in [0.25, 0.3) is 0 Å². The van der Waals surface area contributed by atoms with E-state index in [1.165, 1.54) is 0 Å². The minimum Gasteiger partial charge on any atom is -0.390 e. The topological polar surface area (TPSA) is 60.9 Å². The first-order chi connectivity index (χ1) is 9.92. The van der Waals surface area contributed by atoms with Crippen LogP contribution in [-0.2, 0) is 10.2 Å². The molecule has 5 nitrogen and oxygen atoms in total. The van der Waals surface area contributed by atoms with E-state index in [4.69, 9.17) is 0 Å². The highest BCUT2D eigenvalue weighted by Gasteiger charge is 2.46. The van der Waals surface area contributed by atoms with Crippen LogP contribution in [0, 0.1) is 11.8 Å². The molecule has 2 atom stereocenters. The highest BCUT2D eigenvalue weighted by molar-refractivity contribution is 7.86. The molecule has 2 unspecified atom stereocenters. The highest BCUT2D eigenvalue weighted by Crippen LogP contribution is 2.40. The van der Waals surface area contributed by atoms with Crippen molar-refractivity contribution in [3.8, 4) is 0 Å². The van der Waals surface area contributed by atoms with Gasteiger partial charge in [0.25, 0.3) is 10.2 Å². The van der Waals surface area contributed by atoms with Crippen LogP contribution in [0.1, 0.15) is 51.9 Å². The standard InChI is InChI=1S/C15H28N2O3S/c1-13-5-9-16(10-6-13)21(19,20)17-11-8-15(18)7-3-2-4-14(15)12-17/h13-14,18H,2-12H2,1H3. The molecule has 1 aliphatic carbocycles. The quantitative estimate of drug-likeness (QED) is 0.841. The van der Waals surface area contributed by atoms with Crippen LogP contribution in [-0.4, -0.2) is 53.9 Å². The van der Waals surface area contributed by atoms with E-state index in [1.807, 2.05) is 0 Å². The van der Waals surface area contributed by atoms with Gasteiger partial charge in [-0.2, -0.15) is 17.0 Å². The van der Waals surface area contributed by atoms with Gasteiger partial charge in [-0.3, -0.25) is 0 Å². The van der Waals surface area contributed by atoms with Gasteiger partial charge >= 0.3 is 0 Å². The predicted octanol–water partition coefficient (Wildman–Crippen LogP) is 1.59. The van der Waals surface area contributed by atoms with Gasteiger partial charge in [-0.05, 0) is 38.0 Å². The first kappa shape index (κ1) is 15.7. The lowest BCUT2D eigenvalue weighted by molar-refractivity contribution is -0.0824. The summed E-state index contributed by atoms with van der Waals surface area (Å²) in [6.07, 6.45) is 6.50. The maximum Gasteiger partial charge on any atom is 0.281 e. The van der Waals surface area contributed by atoms with Crippen molar-refractivity contribution in [1.82, 2.24) is 8.61 Å². The van der Waals surface area contributed by atoms with Crippen molar-refractivity contribution in [3.63, 3.8) is 0 Å². The molecule has 2 aliphatic heterocycles. The van der Waals surface area contributed by atoms with Gasteiger partial charge in [-0.25, -0.2) is 0 Å². The Balaban J connectivity index is 1.69. The molecule has 1 N–H and O–H groups in total. The fourth-order valence-corrected chi connectivity index (χ4v) is 5.82. The molecular weight excluding hydrogens is 288 g/mol. The lowest BCUT2D eigenvalue weighted by atomic mass is 9.72. The summed E-state index contributed by atoms with van der Waals surface area (Å²) in [6.45, 7) is 4.46. The summed E-state index contributed by atoms with van der Waals surface area (Å²) in [7, 11) is -3.33. The van der Waals surface area contributed by atoms with E-state index in [9.17, 15) is 13.5 Å². The van der Waals surface area contributed by atoms with E-state index in [0.717, 1.165) is 38.5 Å². The van der Waals surface area contributed by atoms with Gasteiger partial charge < -0.3 is 5.11 Å². The zero-order valence-corrected chi connectivity index (χ0v) is 13.8. The first-order valence-electron chi connectivity index (χ1n) is 8.39. The summed E-state index contributed by atoms with van der Waals surface area (Å²) in [5.41, 5.74) is -0.610.